The summed E-state index contributed by atoms with van der Waals surface area (Å²) in [5.74, 6) is -0.877. The van der Waals surface area contributed by atoms with Crippen molar-refractivity contribution >= 4 is 5.97 Å². The van der Waals surface area contributed by atoms with Crippen molar-refractivity contribution in [2.45, 2.75) is 19.3 Å². The Hall–Kier alpha value is -2.09. The molecule has 2 aromatic rings. The Kier molecular flexibility index (Phi) is 2.63. The van der Waals surface area contributed by atoms with Crippen LogP contribution in [0.4, 0.5) is 0 Å². The monoisotopic (exact) mass is 238 g/mol. The van der Waals surface area contributed by atoms with Crippen LogP contribution in [0.5, 0.6) is 0 Å². The summed E-state index contributed by atoms with van der Waals surface area (Å²) in [7, 11) is 0. The summed E-state index contributed by atoms with van der Waals surface area (Å²) < 4.78 is 0. The molecule has 2 nitrogen and oxygen atoms in total. The van der Waals surface area contributed by atoms with E-state index < -0.39 is 5.97 Å². The molecule has 0 unspecified atom stereocenters. The van der Waals surface area contributed by atoms with Crippen molar-refractivity contribution in [3.63, 3.8) is 0 Å². The second kappa shape index (κ2) is 4.30. The lowest BCUT2D eigenvalue weighted by Gasteiger charge is -2.06. The SMILES string of the molecule is O=C(O)c1cccc(-c2ccc3c(c2)CCC3)c1. The standard InChI is InChI=1S/C16H14O2/c17-16(18)15-6-2-5-13(10-15)14-8-7-11-3-1-4-12(11)9-14/h2,5-10H,1,3-4H2,(H,17,18). The van der Waals surface area contributed by atoms with Gasteiger partial charge in [-0.05, 0) is 53.6 Å². The molecule has 0 fully saturated rings. The first kappa shape index (κ1) is 11.0. The Labute approximate surface area is 106 Å². The minimum atomic E-state index is -0.877. The molecule has 18 heavy (non-hydrogen) atoms. The highest BCUT2D eigenvalue weighted by Gasteiger charge is 2.12. The van der Waals surface area contributed by atoms with E-state index in [4.69, 9.17) is 5.11 Å². The molecule has 0 amide bonds. The molecule has 0 atom stereocenters. The number of fused-ring (bicyclic) bond motifs is 1. The topological polar surface area (TPSA) is 37.3 Å². The molecule has 2 aromatic carbocycles. The van der Waals surface area contributed by atoms with Gasteiger partial charge in [0.1, 0.15) is 0 Å². The fourth-order valence-corrected chi connectivity index (χ4v) is 2.58. The van der Waals surface area contributed by atoms with E-state index in [-0.39, 0.29) is 0 Å². The average molecular weight is 238 g/mol. The van der Waals surface area contributed by atoms with Gasteiger partial charge in [-0.15, -0.1) is 0 Å². The Morgan fingerprint density at radius 3 is 2.56 bits per heavy atom. The lowest BCUT2D eigenvalue weighted by atomic mass is 9.99. The molecule has 90 valence electrons. The van der Waals surface area contributed by atoms with Crippen molar-refractivity contribution in [2.24, 2.45) is 0 Å². The van der Waals surface area contributed by atoms with Crippen molar-refractivity contribution in [3.8, 4) is 11.1 Å². The number of rotatable bonds is 2. The van der Waals surface area contributed by atoms with Crippen molar-refractivity contribution in [1.82, 2.24) is 0 Å². The summed E-state index contributed by atoms with van der Waals surface area (Å²) in [4.78, 5) is 11.0. The number of aryl methyl sites for hydroxylation is 2. The van der Waals surface area contributed by atoms with E-state index in [0.29, 0.717) is 5.56 Å². The molecule has 0 spiro atoms. The molecule has 1 N–H and O–H groups in total. The molecule has 2 heteroatoms. The van der Waals surface area contributed by atoms with Crippen LogP contribution in [0.2, 0.25) is 0 Å². The number of carboxylic acids is 1. The van der Waals surface area contributed by atoms with Gasteiger partial charge in [0, 0.05) is 0 Å². The zero-order valence-electron chi connectivity index (χ0n) is 10.0. The van der Waals surface area contributed by atoms with E-state index in [9.17, 15) is 4.79 Å². The molecule has 0 bridgehead atoms. The zero-order valence-corrected chi connectivity index (χ0v) is 10.0. The molecule has 0 aliphatic heterocycles. The Balaban J connectivity index is 2.04. The third-order valence-corrected chi connectivity index (χ3v) is 3.54. The molecule has 0 saturated carbocycles. The van der Waals surface area contributed by atoms with Gasteiger partial charge in [0.05, 0.1) is 5.56 Å². The van der Waals surface area contributed by atoms with Crippen molar-refractivity contribution in [3.05, 3.63) is 59.2 Å². The minimum absolute atomic E-state index is 0.341. The zero-order chi connectivity index (χ0) is 12.5. The van der Waals surface area contributed by atoms with Gasteiger partial charge in [-0.25, -0.2) is 4.79 Å². The highest BCUT2D eigenvalue weighted by atomic mass is 16.4. The first-order valence-corrected chi connectivity index (χ1v) is 6.19. The normalized spacial score (nSPS) is 13.3. The number of carbonyl (C=O) groups is 1. The van der Waals surface area contributed by atoms with Gasteiger partial charge < -0.3 is 5.11 Å². The van der Waals surface area contributed by atoms with Crippen LogP contribution in [0.1, 0.15) is 27.9 Å². The van der Waals surface area contributed by atoms with E-state index in [1.54, 1.807) is 18.2 Å². The predicted molar refractivity (Wildman–Crippen MR) is 70.9 cm³/mol. The van der Waals surface area contributed by atoms with Crippen LogP contribution >= 0.6 is 0 Å². The second-order valence-electron chi connectivity index (χ2n) is 4.72. The third kappa shape index (κ3) is 1.90. The van der Waals surface area contributed by atoms with Crippen molar-refractivity contribution in [1.29, 1.82) is 0 Å². The molecule has 0 saturated heterocycles. The quantitative estimate of drug-likeness (QED) is 0.868. The van der Waals surface area contributed by atoms with Gasteiger partial charge in [0.25, 0.3) is 0 Å². The van der Waals surface area contributed by atoms with Crippen LogP contribution in [0.3, 0.4) is 0 Å². The summed E-state index contributed by atoms with van der Waals surface area (Å²) in [6.07, 6.45) is 3.54. The van der Waals surface area contributed by atoms with E-state index in [2.05, 4.69) is 18.2 Å². The van der Waals surface area contributed by atoms with Gasteiger partial charge in [-0.1, -0.05) is 30.3 Å². The second-order valence-corrected chi connectivity index (χ2v) is 4.72. The van der Waals surface area contributed by atoms with Crippen LogP contribution in [0.25, 0.3) is 11.1 Å². The molecular weight excluding hydrogens is 224 g/mol. The van der Waals surface area contributed by atoms with E-state index >= 15 is 0 Å². The number of hydrogen-bond acceptors (Lipinski definition) is 1. The Morgan fingerprint density at radius 2 is 1.72 bits per heavy atom. The van der Waals surface area contributed by atoms with E-state index in [1.807, 2.05) is 6.07 Å². The number of carboxylic acid groups (broad SMARTS) is 1. The summed E-state index contributed by atoms with van der Waals surface area (Å²) in [5.41, 5.74) is 5.28. The van der Waals surface area contributed by atoms with E-state index in [1.165, 1.54) is 24.0 Å². The number of benzene rings is 2. The lowest BCUT2D eigenvalue weighted by molar-refractivity contribution is 0.0697. The smallest absolute Gasteiger partial charge is 0.335 e. The Bertz CT molecular complexity index is 614. The molecule has 1 aliphatic carbocycles. The molecular formula is C16H14O2. The summed E-state index contributed by atoms with van der Waals surface area (Å²) in [5, 5.41) is 9.01. The van der Waals surface area contributed by atoms with E-state index in [0.717, 1.165) is 17.5 Å². The maximum atomic E-state index is 11.0. The molecule has 0 heterocycles. The third-order valence-electron chi connectivity index (χ3n) is 3.54. The Morgan fingerprint density at radius 1 is 0.944 bits per heavy atom. The average Bonchev–Trinajstić information content (AvgIpc) is 2.86. The van der Waals surface area contributed by atoms with Crippen molar-refractivity contribution < 1.29 is 9.90 Å². The van der Waals surface area contributed by atoms with Gasteiger partial charge in [-0.2, -0.15) is 0 Å². The highest BCUT2D eigenvalue weighted by Crippen LogP contribution is 2.28. The largest absolute Gasteiger partial charge is 0.478 e. The van der Waals surface area contributed by atoms with Crippen LogP contribution in [-0.2, 0) is 12.8 Å². The first-order chi connectivity index (χ1) is 8.74. The van der Waals surface area contributed by atoms with Crippen LogP contribution in [-0.4, -0.2) is 11.1 Å². The van der Waals surface area contributed by atoms with Crippen LogP contribution in [0, 0.1) is 0 Å². The summed E-state index contributed by atoms with van der Waals surface area (Å²) in [6, 6.07) is 13.6. The van der Waals surface area contributed by atoms with Crippen LogP contribution < -0.4 is 0 Å². The van der Waals surface area contributed by atoms with Crippen LogP contribution in [0.15, 0.2) is 42.5 Å². The van der Waals surface area contributed by atoms with Crippen molar-refractivity contribution in [2.75, 3.05) is 0 Å². The maximum Gasteiger partial charge on any atom is 0.335 e. The van der Waals surface area contributed by atoms with Gasteiger partial charge in [0.15, 0.2) is 0 Å². The van der Waals surface area contributed by atoms with Gasteiger partial charge in [0.2, 0.25) is 0 Å². The molecule has 0 aromatic heterocycles. The van der Waals surface area contributed by atoms with Gasteiger partial charge >= 0.3 is 5.97 Å². The molecule has 3 rings (SSSR count). The minimum Gasteiger partial charge on any atom is -0.478 e. The highest BCUT2D eigenvalue weighted by molar-refractivity contribution is 5.89. The summed E-state index contributed by atoms with van der Waals surface area (Å²) >= 11 is 0. The maximum absolute atomic E-state index is 11.0. The first-order valence-electron chi connectivity index (χ1n) is 6.19. The lowest BCUT2D eigenvalue weighted by Crippen LogP contribution is -1.95. The number of aromatic carboxylic acids is 1. The fourth-order valence-electron chi connectivity index (χ4n) is 2.58. The fraction of sp³-hybridized carbons (Fsp3) is 0.188. The molecule has 1 aliphatic rings. The number of hydrogen-bond donors (Lipinski definition) is 1. The molecule has 0 radical (unpaired) electrons. The summed E-state index contributed by atoms with van der Waals surface area (Å²) in [6.45, 7) is 0. The predicted octanol–water partition coefficient (Wildman–Crippen LogP) is 3.54. The van der Waals surface area contributed by atoms with Gasteiger partial charge in [-0.3, -0.25) is 0 Å².